The highest BCUT2D eigenvalue weighted by molar-refractivity contribution is 6.30. The van der Waals surface area contributed by atoms with Crippen LogP contribution < -0.4 is 4.74 Å². The topological polar surface area (TPSA) is 67.6 Å². The van der Waals surface area contributed by atoms with Crippen molar-refractivity contribution in [2.75, 3.05) is 20.3 Å². The van der Waals surface area contributed by atoms with E-state index in [1.165, 1.54) is 12.1 Å². The van der Waals surface area contributed by atoms with Crippen LogP contribution in [0.25, 0.3) is 5.69 Å². The number of halogens is 2. The molecule has 3 aromatic rings. The molecule has 1 saturated heterocycles. The van der Waals surface area contributed by atoms with Crippen molar-refractivity contribution in [2.45, 2.75) is 44.6 Å². The van der Waals surface area contributed by atoms with E-state index in [4.69, 9.17) is 16.3 Å². The summed E-state index contributed by atoms with van der Waals surface area (Å²) in [5.74, 6) is 0.581. The molecular weight excluding hydrogens is 469 g/mol. The maximum absolute atomic E-state index is 14.0. The highest BCUT2D eigenvalue weighted by atomic mass is 35.5. The van der Waals surface area contributed by atoms with Gasteiger partial charge in [0.05, 0.1) is 42.9 Å². The maximum Gasteiger partial charge on any atom is 0.229 e. The quantitative estimate of drug-likeness (QED) is 0.508. The lowest BCUT2D eigenvalue weighted by Gasteiger charge is -2.53. The van der Waals surface area contributed by atoms with E-state index in [0.717, 1.165) is 48.4 Å². The van der Waals surface area contributed by atoms with Crippen molar-refractivity contribution >= 4 is 17.5 Å². The second-order valence-electron chi connectivity index (χ2n) is 9.74. The fourth-order valence-corrected chi connectivity index (χ4v) is 5.99. The lowest BCUT2D eigenvalue weighted by molar-refractivity contribution is -0.158. The van der Waals surface area contributed by atoms with Gasteiger partial charge in [-0.05, 0) is 80.0 Å². The molecule has 184 valence electrons. The molecule has 1 aliphatic carbocycles. The largest absolute Gasteiger partial charge is 0.495 e. The number of carbonyl (C=O) groups excluding carboxylic acids is 1. The Kier molecular flexibility index (Phi) is 6.32. The molecule has 0 radical (unpaired) electrons. The number of likely N-dealkylation sites (tertiary alicyclic amines) is 1. The van der Waals surface area contributed by atoms with E-state index in [1.54, 1.807) is 24.4 Å². The summed E-state index contributed by atoms with van der Waals surface area (Å²) in [5.41, 5.74) is 3.08. The molecule has 5 rings (SSSR count). The molecule has 8 heteroatoms. The molecule has 1 spiro atoms. The average Bonchev–Trinajstić information content (AvgIpc) is 3.24. The first-order chi connectivity index (χ1) is 16.8. The number of aliphatic hydroxyl groups excluding tert-OH is 1. The zero-order valence-electron chi connectivity index (χ0n) is 19.9. The smallest absolute Gasteiger partial charge is 0.229 e. The molecule has 2 fully saturated rings. The Morgan fingerprint density at radius 3 is 2.74 bits per heavy atom. The number of imidazole rings is 1. The summed E-state index contributed by atoms with van der Waals surface area (Å²) in [6.07, 6.45) is 6.89. The maximum atomic E-state index is 14.0. The molecule has 1 aromatic heterocycles. The predicted molar refractivity (Wildman–Crippen MR) is 131 cm³/mol. The van der Waals surface area contributed by atoms with Gasteiger partial charge < -0.3 is 19.3 Å². The van der Waals surface area contributed by atoms with Gasteiger partial charge in [0.2, 0.25) is 5.91 Å². The monoisotopic (exact) mass is 497 g/mol. The summed E-state index contributed by atoms with van der Waals surface area (Å²) in [7, 11) is 1.66. The predicted octanol–water partition coefficient (Wildman–Crippen LogP) is 5.20. The minimum absolute atomic E-state index is 0.0388. The number of hydrogen-bond acceptors (Lipinski definition) is 4. The third-order valence-electron chi connectivity index (χ3n) is 7.53. The van der Waals surface area contributed by atoms with E-state index in [1.807, 2.05) is 23.8 Å². The van der Waals surface area contributed by atoms with Crippen molar-refractivity contribution < 1.29 is 19.0 Å². The Hall–Kier alpha value is -2.90. The fourth-order valence-electron chi connectivity index (χ4n) is 5.76. The van der Waals surface area contributed by atoms with Crippen molar-refractivity contribution in [2.24, 2.45) is 5.41 Å². The van der Waals surface area contributed by atoms with Gasteiger partial charge in [-0.3, -0.25) is 4.79 Å². The van der Waals surface area contributed by atoms with Crippen LogP contribution in [-0.2, 0) is 4.79 Å². The van der Waals surface area contributed by atoms with Crippen LogP contribution in [0, 0.1) is 18.2 Å². The number of methoxy groups -OCH3 is 1. The number of benzene rings is 2. The van der Waals surface area contributed by atoms with Crippen molar-refractivity contribution in [1.29, 1.82) is 0 Å². The highest BCUT2D eigenvalue weighted by Gasteiger charge is 2.54. The molecule has 1 amide bonds. The number of aliphatic hydroxyl groups is 1. The lowest BCUT2D eigenvalue weighted by atomic mass is 9.56. The number of ether oxygens (including phenoxy) is 1. The van der Waals surface area contributed by atoms with Crippen LogP contribution in [-0.4, -0.2) is 45.7 Å². The SMILES string of the molecule is COc1cc(C2CC3(CCCN(C(CO)c4cc(F)cc(Cl)c4)C3=O)C2)ccc1-n1cnc(C)c1. The van der Waals surface area contributed by atoms with Gasteiger partial charge in [-0.25, -0.2) is 9.37 Å². The van der Waals surface area contributed by atoms with Gasteiger partial charge >= 0.3 is 0 Å². The average molecular weight is 498 g/mol. The number of carbonyl (C=O) groups is 1. The van der Waals surface area contributed by atoms with Crippen LogP contribution in [0.5, 0.6) is 5.75 Å². The van der Waals surface area contributed by atoms with Crippen LogP contribution in [0.3, 0.4) is 0 Å². The van der Waals surface area contributed by atoms with Gasteiger partial charge in [0.15, 0.2) is 0 Å². The van der Waals surface area contributed by atoms with Gasteiger partial charge in [0.1, 0.15) is 11.6 Å². The summed E-state index contributed by atoms with van der Waals surface area (Å²) in [5, 5.41) is 10.4. The molecule has 2 heterocycles. The molecule has 1 saturated carbocycles. The summed E-state index contributed by atoms with van der Waals surface area (Å²) in [6.45, 7) is 2.20. The third-order valence-corrected chi connectivity index (χ3v) is 7.75. The number of hydrogen-bond donors (Lipinski definition) is 1. The molecule has 1 unspecified atom stereocenters. The first-order valence-corrected chi connectivity index (χ1v) is 12.3. The van der Waals surface area contributed by atoms with E-state index < -0.39 is 17.3 Å². The summed E-state index contributed by atoms with van der Waals surface area (Å²) in [4.78, 5) is 19.7. The molecule has 6 nitrogen and oxygen atoms in total. The molecule has 1 atom stereocenters. The van der Waals surface area contributed by atoms with Crippen LogP contribution >= 0.6 is 11.6 Å². The zero-order chi connectivity index (χ0) is 24.7. The number of rotatable bonds is 6. The minimum atomic E-state index is -0.607. The summed E-state index contributed by atoms with van der Waals surface area (Å²) >= 11 is 6.04. The zero-order valence-corrected chi connectivity index (χ0v) is 20.6. The van der Waals surface area contributed by atoms with E-state index >= 15 is 0 Å². The molecule has 1 aliphatic heterocycles. The number of piperidine rings is 1. The Labute approximate surface area is 209 Å². The molecular formula is C27H29ClFN3O3. The van der Waals surface area contributed by atoms with E-state index in [0.29, 0.717) is 12.1 Å². The van der Waals surface area contributed by atoms with Crippen LogP contribution in [0.1, 0.15) is 54.5 Å². The first-order valence-electron chi connectivity index (χ1n) is 11.9. The van der Waals surface area contributed by atoms with E-state index in [2.05, 4.69) is 17.1 Å². The minimum Gasteiger partial charge on any atom is -0.495 e. The van der Waals surface area contributed by atoms with Gasteiger partial charge in [0, 0.05) is 17.8 Å². The standard InChI is InChI=1S/C27H29ClFN3O3/c1-17-14-31(16-30-17)23-5-4-18(10-25(23)35-2)20-12-27(13-20)6-3-7-32(26(27)34)24(15-33)19-8-21(28)11-22(29)9-19/h4-5,8-11,14,16,20,24,33H,3,6-7,12-13,15H2,1-2H3. The highest BCUT2D eigenvalue weighted by Crippen LogP contribution is 2.57. The summed E-state index contributed by atoms with van der Waals surface area (Å²) in [6, 6.07) is 9.78. The number of amides is 1. The van der Waals surface area contributed by atoms with Crippen LogP contribution in [0.15, 0.2) is 48.9 Å². The number of aromatic nitrogens is 2. The van der Waals surface area contributed by atoms with Crippen LogP contribution in [0.2, 0.25) is 5.02 Å². The van der Waals surface area contributed by atoms with Crippen LogP contribution in [0.4, 0.5) is 4.39 Å². The van der Waals surface area contributed by atoms with E-state index in [-0.39, 0.29) is 23.5 Å². The molecule has 2 aromatic carbocycles. The lowest BCUT2D eigenvalue weighted by Crippen LogP contribution is -2.55. The van der Waals surface area contributed by atoms with Gasteiger partial charge in [-0.15, -0.1) is 0 Å². The Bertz CT molecular complexity index is 1230. The normalized spacial score (nSPS) is 22.8. The molecule has 35 heavy (non-hydrogen) atoms. The second-order valence-corrected chi connectivity index (χ2v) is 10.2. The summed E-state index contributed by atoms with van der Waals surface area (Å²) < 4.78 is 21.6. The van der Waals surface area contributed by atoms with Crippen molar-refractivity contribution in [1.82, 2.24) is 14.5 Å². The van der Waals surface area contributed by atoms with E-state index in [9.17, 15) is 14.3 Å². The Morgan fingerprint density at radius 2 is 2.09 bits per heavy atom. The number of nitrogens with zero attached hydrogens (tertiary/aromatic N) is 3. The Morgan fingerprint density at radius 1 is 1.29 bits per heavy atom. The van der Waals surface area contributed by atoms with Crippen molar-refractivity contribution in [3.05, 3.63) is 76.6 Å². The first kappa shape index (κ1) is 23.8. The number of aryl methyl sites for hydroxylation is 1. The van der Waals surface area contributed by atoms with Gasteiger partial charge in [0.25, 0.3) is 0 Å². The fraction of sp³-hybridized carbons (Fsp3) is 0.407. The van der Waals surface area contributed by atoms with Gasteiger partial charge in [-0.2, -0.15) is 0 Å². The Balaban J connectivity index is 1.35. The van der Waals surface area contributed by atoms with Crippen molar-refractivity contribution in [3.63, 3.8) is 0 Å². The molecule has 0 bridgehead atoms. The van der Waals surface area contributed by atoms with Crippen molar-refractivity contribution in [3.8, 4) is 11.4 Å². The third kappa shape index (κ3) is 4.32. The molecule has 1 N–H and O–H groups in total. The molecule has 2 aliphatic rings. The second kappa shape index (κ2) is 9.28. The van der Waals surface area contributed by atoms with Gasteiger partial charge in [-0.1, -0.05) is 17.7 Å².